The van der Waals surface area contributed by atoms with Crippen molar-refractivity contribution in [3.05, 3.63) is 0 Å². The molecule has 0 aromatic rings. The number of carbonyl (C=O) groups is 1. The number of sulfonamides is 1. The second-order valence-electron chi connectivity index (χ2n) is 6.92. The van der Waals surface area contributed by atoms with Crippen LogP contribution in [0.25, 0.3) is 0 Å². The van der Waals surface area contributed by atoms with Crippen molar-refractivity contribution in [2.24, 2.45) is 5.92 Å². The first-order chi connectivity index (χ1) is 10.4. The number of nitrogens with one attached hydrogen (secondary N) is 1. The van der Waals surface area contributed by atoms with E-state index in [9.17, 15) is 13.2 Å². The summed E-state index contributed by atoms with van der Waals surface area (Å²) in [4.78, 5) is 12.7. The molecule has 128 valence electrons. The van der Waals surface area contributed by atoms with Gasteiger partial charge in [-0.15, -0.1) is 0 Å². The largest absolute Gasteiger partial charge is 0.352 e. The summed E-state index contributed by atoms with van der Waals surface area (Å²) in [6.45, 7) is 4.78. The van der Waals surface area contributed by atoms with E-state index in [-0.39, 0.29) is 17.7 Å². The van der Waals surface area contributed by atoms with E-state index >= 15 is 0 Å². The Labute approximate surface area is 134 Å². The van der Waals surface area contributed by atoms with Crippen LogP contribution < -0.4 is 5.32 Å². The summed E-state index contributed by atoms with van der Waals surface area (Å²) in [6, 6.07) is -0.296. The van der Waals surface area contributed by atoms with Gasteiger partial charge in [0.1, 0.15) is 6.04 Å². The monoisotopic (exact) mass is 330 g/mol. The molecule has 6 heteroatoms. The van der Waals surface area contributed by atoms with Crippen molar-refractivity contribution >= 4 is 15.9 Å². The van der Waals surface area contributed by atoms with Crippen LogP contribution in [0.15, 0.2) is 0 Å². The first-order valence-corrected chi connectivity index (χ1v) is 10.3. The van der Waals surface area contributed by atoms with Crippen molar-refractivity contribution in [2.75, 3.05) is 12.3 Å². The summed E-state index contributed by atoms with van der Waals surface area (Å²) in [6.07, 6.45) is 7.52. The second kappa shape index (κ2) is 7.77. The minimum Gasteiger partial charge on any atom is -0.352 e. The van der Waals surface area contributed by atoms with Gasteiger partial charge < -0.3 is 5.32 Å². The average molecular weight is 330 g/mol. The van der Waals surface area contributed by atoms with E-state index in [1.165, 1.54) is 10.7 Å². The molecule has 1 amide bonds. The highest BCUT2D eigenvalue weighted by Gasteiger charge is 2.38. The Balaban J connectivity index is 2.02. The summed E-state index contributed by atoms with van der Waals surface area (Å²) in [7, 11) is -3.24. The summed E-state index contributed by atoms with van der Waals surface area (Å²) >= 11 is 0. The van der Waals surface area contributed by atoms with Gasteiger partial charge in [-0.25, -0.2) is 8.42 Å². The fraction of sp³-hybridized carbons (Fsp3) is 0.938. The van der Waals surface area contributed by atoms with Gasteiger partial charge in [-0.3, -0.25) is 4.79 Å². The van der Waals surface area contributed by atoms with Gasteiger partial charge in [-0.05, 0) is 31.6 Å². The smallest absolute Gasteiger partial charge is 0.238 e. The number of hydrogen-bond donors (Lipinski definition) is 1. The van der Waals surface area contributed by atoms with Gasteiger partial charge in [0.2, 0.25) is 15.9 Å². The van der Waals surface area contributed by atoms with Gasteiger partial charge in [0.05, 0.1) is 5.75 Å². The Hall–Kier alpha value is -0.620. The first kappa shape index (κ1) is 17.7. The highest BCUT2D eigenvalue weighted by atomic mass is 32.2. The standard InChI is InChI=1S/C16H30N2O3S/c1-3-4-9-15(18-10-6-11-22(18,20)21)16(19)17-14-8-5-7-13(2)12-14/h13-15H,3-12H2,1-2H3,(H,17,19)/t13-,14-,15-/m1/s1. The maximum absolute atomic E-state index is 12.7. The third-order valence-corrected chi connectivity index (χ3v) is 6.86. The van der Waals surface area contributed by atoms with Gasteiger partial charge in [0, 0.05) is 12.6 Å². The van der Waals surface area contributed by atoms with E-state index in [1.54, 1.807) is 0 Å². The number of unbranched alkanes of at least 4 members (excludes halogenated alkanes) is 1. The molecule has 2 fully saturated rings. The van der Waals surface area contributed by atoms with Gasteiger partial charge >= 0.3 is 0 Å². The van der Waals surface area contributed by atoms with Crippen LogP contribution in [0, 0.1) is 5.92 Å². The van der Waals surface area contributed by atoms with Crippen LogP contribution >= 0.6 is 0 Å². The molecule has 1 aliphatic heterocycles. The average Bonchev–Trinajstić information content (AvgIpc) is 2.79. The number of nitrogens with zero attached hydrogens (tertiary/aromatic N) is 1. The van der Waals surface area contributed by atoms with Crippen LogP contribution in [0.5, 0.6) is 0 Å². The fourth-order valence-corrected chi connectivity index (χ4v) is 5.40. The molecular formula is C16H30N2O3S. The van der Waals surface area contributed by atoms with Crippen molar-refractivity contribution in [3.63, 3.8) is 0 Å². The van der Waals surface area contributed by atoms with Crippen LogP contribution in [0.2, 0.25) is 0 Å². The van der Waals surface area contributed by atoms with Crippen LogP contribution in [-0.2, 0) is 14.8 Å². The van der Waals surface area contributed by atoms with Gasteiger partial charge in [-0.2, -0.15) is 4.31 Å². The van der Waals surface area contributed by atoms with E-state index < -0.39 is 16.1 Å². The van der Waals surface area contributed by atoms with E-state index in [1.807, 2.05) is 0 Å². The lowest BCUT2D eigenvalue weighted by Crippen LogP contribution is -2.51. The molecule has 2 aliphatic rings. The zero-order valence-corrected chi connectivity index (χ0v) is 14.7. The molecule has 1 N–H and O–H groups in total. The van der Waals surface area contributed by atoms with Crippen LogP contribution in [0.3, 0.4) is 0 Å². The molecule has 22 heavy (non-hydrogen) atoms. The molecule has 0 spiro atoms. The molecule has 0 radical (unpaired) electrons. The van der Waals surface area contributed by atoms with Crippen molar-refractivity contribution in [1.29, 1.82) is 0 Å². The number of hydrogen-bond acceptors (Lipinski definition) is 3. The molecule has 1 saturated carbocycles. The fourth-order valence-electron chi connectivity index (χ4n) is 3.67. The normalized spacial score (nSPS) is 30.1. The van der Waals surface area contributed by atoms with Crippen LogP contribution in [0.1, 0.15) is 65.2 Å². The van der Waals surface area contributed by atoms with Crippen LogP contribution in [-0.4, -0.2) is 43.0 Å². The molecule has 1 heterocycles. The minimum atomic E-state index is -3.24. The van der Waals surface area contributed by atoms with Crippen molar-refractivity contribution < 1.29 is 13.2 Å². The predicted molar refractivity (Wildman–Crippen MR) is 88.0 cm³/mol. The van der Waals surface area contributed by atoms with E-state index in [0.717, 1.165) is 32.1 Å². The predicted octanol–water partition coefficient (Wildman–Crippen LogP) is 2.28. The molecule has 0 aromatic carbocycles. The van der Waals surface area contributed by atoms with Gasteiger partial charge in [0.15, 0.2) is 0 Å². The molecule has 1 saturated heterocycles. The zero-order chi connectivity index (χ0) is 16.2. The summed E-state index contributed by atoms with van der Waals surface area (Å²) in [5.41, 5.74) is 0. The highest BCUT2D eigenvalue weighted by molar-refractivity contribution is 7.89. The Morgan fingerprint density at radius 1 is 1.32 bits per heavy atom. The van der Waals surface area contributed by atoms with Crippen molar-refractivity contribution in [3.8, 4) is 0 Å². The van der Waals surface area contributed by atoms with E-state index in [2.05, 4.69) is 19.2 Å². The Bertz CT molecular complexity index is 478. The summed E-state index contributed by atoms with van der Waals surface area (Å²) in [5.74, 6) is 0.741. The third kappa shape index (κ3) is 4.44. The summed E-state index contributed by atoms with van der Waals surface area (Å²) in [5, 5.41) is 3.13. The Morgan fingerprint density at radius 2 is 2.09 bits per heavy atom. The van der Waals surface area contributed by atoms with E-state index in [0.29, 0.717) is 25.3 Å². The molecule has 0 unspecified atom stereocenters. The molecular weight excluding hydrogens is 300 g/mol. The number of carbonyl (C=O) groups excluding carboxylic acids is 1. The van der Waals surface area contributed by atoms with E-state index in [4.69, 9.17) is 0 Å². The maximum atomic E-state index is 12.7. The lowest BCUT2D eigenvalue weighted by Gasteiger charge is -2.31. The highest BCUT2D eigenvalue weighted by Crippen LogP contribution is 2.25. The minimum absolute atomic E-state index is 0.0852. The first-order valence-electron chi connectivity index (χ1n) is 8.74. The van der Waals surface area contributed by atoms with Crippen molar-refractivity contribution in [2.45, 2.75) is 77.3 Å². The lowest BCUT2D eigenvalue weighted by molar-refractivity contribution is -0.126. The quantitative estimate of drug-likeness (QED) is 0.812. The molecule has 1 aliphatic carbocycles. The SMILES string of the molecule is CCCC[C@H](C(=O)N[C@@H]1CCC[C@@H](C)C1)N1CCCS1(=O)=O. The molecule has 2 rings (SSSR count). The zero-order valence-electron chi connectivity index (χ0n) is 13.9. The Morgan fingerprint density at radius 3 is 2.68 bits per heavy atom. The number of amides is 1. The maximum Gasteiger partial charge on any atom is 0.238 e. The molecule has 0 aromatic heterocycles. The number of rotatable bonds is 6. The van der Waals surface area contributed by atoms with Gasteiger partial charge in [-0.1, -0.05) is 39.5 Å². The molecule has 3 atom stereocenters. The lowest BCUT2D eigenvalue weighted by atomic mass is 9.87. The van der Waals surface area contributed by atoms with Gasteiger partial charge in [0.25, 0.3) is 0 Å². The second-order valence-corrected chi connectivity index (χ2v) is 8.96. The third-order valence-electron chi connectivity index (χ3n) is 4.90. The Kier molecular flexibility index (Phi) is 6.26. The van der Waals surface area contributed by atoms with Crippen molar-refractivity contribution in [1.82, 2.24) is 9.62 Å². The molecule has 5 nitrogen and oxygen atoms in total. The summed E-state index contributed by atoms with van der Waals surface area (Å²) < 4.78 is 25.8. The topological polar surface area (TPSA) is 66.5 Å². The van der Waals surface area contributed by atoms with Crippen LogP contribution in [0.4, 0.5) is 0 Å². The molecule has 0 bridgehead atoms.